The molecule has 8 nitrogen and oxygen atoms in total. The molecule has 0 atom stereocenters. The van der Waals surface area contributed by atoms with Gasteiger partial charge in [-0.15, -0.1) is 0 Å². The van der Waals surface area contributed by atoms with Crippen LogP contribution < -0.4 is 10.6 Å². The molecular weight excluding hydrogens is 465 g/mol. The van der Waals surface area contributed by atoms with E-state index in [-0.39, 0.29) is 28.0 Å². The molecule has 32 heavy (non-hydrogen) atoms. The fourth-order valence-electron chi connectivity index (χ4n) is 2.33. The van der Waals surface area contributed by atoms with Crippen LogP contribution in [0.5, 0.6) is 0 Å². The number of carbonyl (C=O) groups excluding carboxylic acids is 2. The molecule has 0 bridgehead atoms. The molecule has 2 aromatic rings. The highest BCUT2D eigenvalue weighted by atomic mass is 32.2. The average Bonchev–Trinajstić information content (AvgIpc) is 2.71. The summed E-state index contributed by atoms with van der Waals surface area (Å²) in [6.07, 6.45) is -4.79. The van der Waals surface area contributed by atoms with Gasteiger partial charge in [0.25, 0.3) is 17.4 Å². The standard InChI is InChI=1S/C18H14F5N3O5S/c19-17(20)32-14-4-2-1-3-12(14)25-15(27)9-31-16(28)8-24-11-6-5-10(18(21,22)23)7-13(11)26(29)30/h1-7,17,24H,8-9H2,(H,25,27). The number of carbonyl (C=O) groups is 2. The molecule has 172 valence electrons. The van der Waals surface area contributed by atoms with Crippen molar-refractivity contribution in [1.29, 1.82) is 0 Å². The maximum atomic E-state index is 12.7. The first-order valence-corrected chi connectivity index (χ1v) is 9.44. The highest BCUT2D eigenvalue weighted by Gasteiger charge is 2.33. The van der Waals surface area contributed by atoms with Gasteiger partial charge < -0.3 is 15.4 Å². The van der Waals surface area contributed by atoms with Crippen LogP contribution in [-0.4, -0.2) is 35.7 Å². The number of halogens is 5. The summed E-state index contributed by atoms with van der Waals surface area (Å²) in [5.41, 5.74) is -2.42. The first-order chi connectivity index (χ1) is 15.0. The third kappa shape index (κ3) is 7.37. The molecule has 0 aliphatic heterocycles. The van der Waals surface area contributed by atoms with Crippen LogP contribution in [0.1, 0.15) is 5.56 Å². The van der Waals surface area contributed by atoms with Crippen molar-refractivity contribution in [3.05, 3.63) is 58.1 Å². The van der Waals surface area contributed by atoms with Crippen molar-refractivity contribution in [1.82, 2.24) is 0 Å². The number of rotatable bonds is 9. The molecule has 0 heterocycles. The van der Waals surface area contributed by atoms with Gasteiger partial charge in [0.05, 0.1) is 16.2 Å². The first-order valence-electron chi connectivity index (χ1n) is 8.56. The minimum atomic E-state index is -4.79. The largest absolute Gasteiger partial charge is 0.454 e. The third-order valence-electron chi connectivity index (χ3n) is 3.69. The zero-order chi connectivity index (χ0) is 23.9. The zero-order valence-corrected chi connectivity index (χ0v) is 16.6. The van der Waals surface area contributed by atoms with Gasteiger partial charge >= 0.3 is 12.1 Å². The molecule has 14 heteroatoms. The zero-order valence-electron chi connectivity index (χ0n) is 15.8. The number of nitro benzene ring substituents is 1. The van der Waals surface area contributed by atoms with Gasteiger partial charge in [-0.1, -0.05) is 23.9 Å². The van der Waals surface area contributed by atoms with E-state index in [9.17, 15) is 41.7 Å². The second-order valence-electron chi connectivity index (χ2n) is 5.92. The highest BCUT2D eigenvalue weighted by molar-refractivity contribution is 7.99. The lowest BCUT2D eigenvalue weighted by Gasteiger charge is -2.12. The van der Waals surface area contributed by atoms with E-state index in [4.69, 9.17) is 0 Å². The molecule has 0 unspecified atom stereocenters. The van der Waals surface area contributed by atoms with E-state index in [0.717, 1.165) is 6.07 Å². The normalized spacial score (nSPS) is 11.2. The van der Waals surface area contributed by atoms with Crippen molar-refractivity contribution >= 4 is 40.7 Å². The van der Waals surface area contributed by atoms with E-state index >= 15 is 0 Å². The smallest absolute Gasteiger partial charge is 0.416 e. The third-order valence-corrected chi connectivity index (χ3v) is 4.47. The number of amides is 1. The number of nitro groups is 1. The molecular formula is C18H14F5N3O5S. The van der Waals surface area contributed by atoms with Crippen LogP contribution in [0.15, 0.2) is 47.4 Å². The van der Waals surface area contributed by atoms with Crippen LogP contribution in [0.4, 0.5) is 39.0 Å². The summed E-state index contributed by atoms with van der Waals surface area (Å²) >= 11 is 0.212. The van der Waals surface area contributed by atoms with Gasteiger partial charge in [0.15, 0.2) is 6.61 Å². The van der Waals surface area contributed by atoms with Crippen molar-refractivity contribution in [2.24, 2.45) is 0 Å². The van der Waals surface area contributed by atoms with Gasteiger partial charge in [0.2, 0.25) is 0 Å². The summed E-state index contributed by atoms with van der Waals surface area (Å²) in [7, 11) is 0. The Morgan fingerprint density at radius 2 is 1.81 bits per heavy atom. The average molecular weight is 479 g/mol. The topological polar surface area (TPSA) is 111 Å². The number of esters is 1. The number of anilines is 2. The van der Waals surface area contributed by atoms with Gasteiger partial charge in [-0.05, 0) is 24.3 Å². The van der Waals surface area contributed by atoms with Crippen molar-refractivity contribution in [3.8, 4) is 0 Å². The Morgan fingerprint density at radius 3 is 2.44 bits per heavy atom. The highest BCUT2D eigenvalue weighted by Crippen LogP contribution is 2.35. The van der Waals surface area contributed by atoms with Crippen LogP contribution in [0.25, 0.3) is 0 Å². The second-order valence-corrected chi connectivity index (χ2v) is 6.96. The predicted molar refractivity (Wildman–Crippen MR) is 104 cm³/mol. The molecule has 1 amide bonds. The van der Waals surface area contributed by atoms with E-state index < -0.39 is 53.1 Å². The number of ether oxygens (including phenoxy) is 1. The van der Waals surface area contributed by atoms with Gasteiger partial charge in [0, 0.05) is 11.0 Å². The minimum absolute atomic E-state index is 0.0809. The van der Waals surface area contributed by atoms with Crippen molar-refractivity contribution in [2.75, 3.05) is 23.8 Å². The van der Waals surface area contributed by atoms with Gasteiger partial charge in [-0.3, -0.25) is 19.7 Å². The van der Waals surface area contributed by atoms with Crippen LogP contribution in [-0.2, 0) is 20.5 Å². The molecule has 0 saturated carbocycles. The van der Waals surface area contributed by atoms with E-state index in [1.54, 1.807) is 0 Å². The SMILES string of the molecule is O=C(COC(=O)CNc1ccc(C(F)(F)F)cc1[N+](=O)[O-])Nc1ccccc1SC(F)F. The number of nitrogens with one attached hydrogen (secondary N) is 2. The van der Waals surface area contributed by atoms with Crippen LogP contribution in [0, 0.1) is 10.1 Å². The van der Waals surface area contributed by atoms with E-state index in [1.807, 2.05) is 0 Å². The van der Waals surface area contributed by atoms with Gasteiger partial charge in [-0.25, -0.2) is 0 Å². The van der Waals surface area contributed by atoms with Crippen LogP contribution >= 0.6 is 11.8 Å². The van der Waals surface area contributed by atoms with Crippen molar-refractivity contribution in [2.45, 2.75) is 16.8 Å². The van der Waals surface area contributed by atoms with E-state index in [1.165, 1.54) is 24.3 Å². The van der Waals surface area contributed by atoms with E-state index in [2.05, 4.69) is 15.4 Å². The Hall–Kier alpha value is -3.42. The van der Waals surface area contributed by atoms with Gasteiger partial charge in [0.1, 0.15) is 12.2 Å². The molecule has 0 aliphatic rings. The molecule has 2 aromatic carbocycles. The molecule has 0 aliphatic carbocycles. The second kappa shape index (κ2) is 10.7. The Balaban J connectivity index is 1.92. The molecule has 0 aromatic heterocycles. The monoisotopic (exact) mass is 479 g/mol. The number of hydrogen-bond acceptors (Lipinski definition) is 7. The lowest BCUT2D eigenvalue weighted by Crippen LogP contribution is -2.24. The van der Waals surface area contributed by atoms with Crippen molar-refractivity contribution < 1.29 is 41.2 Å². The van der Waals surface area contributed by atoms with Crippen LogP contribution in [0.3, 0.4) is 0 Å². The maximum absolute atomic E-state index is 12.7. The number of thioether (sulfide) groups is 1. The van der Waals surface area contributed by atoms with Gasteiger partial charge in [-0.2, -0.15) is 22.0 Å². The molecule has 2 N–H and O–H groups in total. The molecule has 0 saturated heterocycles. The number of nitrogens with zero attached hydrogens (tertiary/aromatic N) is 1. The van der Waals surface area contributed by atoms with Crippen molar-refractivity contribution in [3.63, 3.8) is 0 Å². The summed E-state index contributed by atoms with van der Waals surface area (Å²) in [6.45, 7) is -1.47. The lowest BCUT2D eigenvalue weighted by atomic mass is 10.1. The Kier molecular flexibility index (Phi) is 8.34. The van der Waals surface area contributed by atoms with Crippen LogP contribution in [0.2, 0.25) is 0 Å². The summed E-state index contributed by atoms with van der Waals surface area (Å²) in [6, 6.07) is 7.43. The fraction of sp³-hybridized carbons (Fsp3) is 0.222. The Labute approximate surface area is 181 Å². The predicted octanol–water partition coefficient (Wildman–Crippen LogP) is 4.52. The first kappa shape index (κ1) is 24.8. The molecule has 0 fully saturated rings. The summed E-state index contributed by atoms with van der Waals surface area (Å²) < 4.78 is 67.9. The number of para-hydroxylation sites is 1. The Bertz CT molecular complexity index is 1000. The summed E-state index contributed by atoms with van der Waals surface area (Å²) in [5.74, 6) is -4.59. The fourth-order valence-corrected chi connectivity index (χ4v) is 2.92. The number of hydrogen-bond donors (Lipinski definition) is 2. The summed E-state index contributed by atoms with van der Waals surface area (Å²) in [4.78, 5) is 33.7. The van der Waals surface area contributed by atoms with E-state index in [0.29, 0.717) is 12.1 Å². The number of benzene rings is 2. The Morgan fingerprint density at radius 1 is 1.12 bits per heavy atom. The molecule has 0 spiro atoms. The quantitative estimate of drug-likeness (QED) is 0.179. The molecule has 0 radical (unpaired) electrons. The molecule has 2 rings (SSSR count). The minimum Gasteiger partial charge on any atom is -0.454 e. The summed E-state index contributed by atoms with van der Waals surface area (Å²) in [5, 5.41) is 15.6. The maximum Gasteiger partial charge on any atom is 0.416 e. The number of alkyl halides is 5. The lowest BCUT2D eigenvalue weighted by molar-refractivity contribution is -0.384.